The molecule has 0 aromatic heterocycles. The van der Waals surface area contributed by atoms with Crippen LogP contribution in [0.4, 0.5) is 11.4 Å². The third kappa shape index (κ3) is 2.63. The summed E-state index contributed by atoms with van der Waals surface area (Å²) >= 11 is 0. The Morgan fingerprint density at radius 2 is 2.00 bits per heavy atom. The first-order valence-corrected chi connectivity index (χ1v) is 7.83. The Labute approximate surface area is 144 Å². The highest BCUT2D eigenvalue weighted by Crippen LogP contribution is 2.47. The van der Waals surface area contributed by atoms with Gasteiger partial charge >= 0.3 is 5.97 Å². The number of nitrogens with zero attached hydrogens (tertiary/aromatic N) is 1. The van der Waals surface area contributed by atoms with Crippen LogP contribution in [0.15, 0.2) is 18.2 Å². The summed E-state index contributed by atoms with van der Waals surface area (Å²) in [7, 11) is 0. The maximum Gasteiger partial charge on any atom is 0.326 e. The number of fused-ring (bicyclic) bond motifs is 2. The van der Waals surface area contributed by atoms with Crippen LogP contribution in [0.5, 0.6) is 0 Å². The van der Waals surface area contributed by atoms with E-state index in [1.807, 2.05) is 0 Å². The fraction of sp³-hybridized carbons (Fsp3) is 0.412. The van der Waals surface area contributed by atoms with Crippen molar-refractivity contribution in [1.82, 2.24) is 5.32 Å². The van der Waals surface area contributed by atoms with Crippen LogP contribution < -0.4 is 16.0 Å². The lowest BCUT2D eigenvalue weighted by Crippen LogP contribution is -2.47. The first-order valence-electron chi connectivity index (χ1n) is 7.83. The zero-order valence-corrected chi connectivity index (χ0v) is 14.2. The van der Waals surface area contributed by atoms with Crippen LogP contribution in [-0.4, -0.2) is 35.8 Å². The number of imide groups is 1. The molecule has 1 fully saturated rings. The van der Waals surface area contributed by atoms with E-state index in [2.05, 4.69) is 5.32 Å². The van der Waals surface area contributed by atoms with Gasteiger partial charge in [0.15, 0.2) is 5.41 Å². The van der Waals surface area contributed by atoms with E-state index in [1.54, 1.807) is 32.9 Å². The van der Waals surface area contributed by atoms with E-state index in [-0.39, 0.29) is 13.0 Å². The zero-order valence-electron chi connectivity index (χ0n) is 14.2. The third-order valence-corrected chi connectivity index (χ3v) is 4.15. The van der Waals surface area contributed by atoms with E-state index >= 15 is 0 Å². The van der Waals surface area contributed by atoms with Crippen LogP contribution in [0.2, 0.25) is 0 Å². The van der Waals surface area contributed by atoms with Crippen molar-refractivity contribution in [3.05, 3.63) is 23.8 Å². The lowest BCUT2D eigenvalue weighted by atomic mass is 9.80. The van der Waals surface area contributed by atoms with Crippen molar-refractivity contribution >= 4 is 35.1 Å². The van der Waals surface area contributed by atoms with Crippen molar-refractivity contribution in [2.45, 2.75) is 38.2 Å². The summed E-state index contributed by atoms with van der Waals surface area (Å²) in [6.07, 6.45) is -0.300. The van der Waals surface area contributed by atoms with Gasteiger partial charge in [-0.15, -0.1) is 0 Å². The van der Waals surface area contributed by atoms with Gasteiger partial charge in [0.2, 0.25) is 17.7 Å². The van der Waals surface area contributed by atoms with Crippen molar-refractivity contribution in [2.24, 2.45) is 0 Å². The number of rotatable bonds is 2. The topological polar surface area (TPSA) is 119 Å². The highest BCUT2D eigenvalue weighted by Gasteiger charge is 2.61. The number of hydrogen-bond donors (Lipinski definition) is 2. The molecule has 1 aromatic rings. The van der Waals surface area contributed by atoms with Gasteiger partial charge in [-0.05, 0) is 39.0 Å². The second-order valence-electron chi connectivity index (χ2n) is 7.21. The second kappa shape index (κ2) is 5.30. The molecule has 0 radical (unpaired) electrons. The molecule has 2 aliphatic rings. The molecule has 1 unspecified atom stereocenters. The van der Waals surface area contributed by atoms with E-state index in [0.717, 1.165) is 0 Å². The number of carbonyl (C=O) groups is 4. The summed E-state index contributed by atoms with van der Waals surface area (Å²) in [6, 6.07) is 4.64. The standard InChI is InChI=1S/C17H19N3O5/c1-16(2,3)25-13(22)8-20-11-5-4-9(18)6-10(11)17(15(20)24)7-12(21)19-14(17)23/h4-6H,7-8,18H2,1-3H3,(H,19,21,23). The van der Waals surface area contributed by atoms with Gasteiger partial charge in [-0.3, -0.25) is 29.4 Å². The molecule has 1 aromatic carbocycles. The number of hydrogen-bond acceptors (Lipinski definition) is 6. The Kier molecular flexibility index (Phi) is 3.59. The molecule has 0 saturated carbocycles. The first kappa shape index (κ1) is 16.9. The molecule has 0 aliphatic carbocycles. The number of benzene rings is 1. The minimum atomic E-state index is -1.66. The Morgan fingerprint density at radius 1 is 1.32 bits per heavy atom. The fourth-order valence-electron chi connectivity index (χ4n) is 3.23. The van der Waals surface area contributed by atoms with E-state index in [4.69, 9.17) is 10.5 Å². The summed E-state index contributed by atoms with van der Waals surface area (Å²) in [5, 5.41) is 2.17. The van der Waals surface area contributed by atoms with Crippen molar-refractivity contribution in [2.75, 3.05) is 17.2 Å². The molecule has 1 atom stereocenters. The fourth-order valence-corrected chi connectivity index (χ4v) is 3.23. The Balaban J connectivity index is 2.03. The molecular weight excluding hydrogens is 326 g/mol. The van der Waals surface area contributed by atoms with Gasteiger partial charge in [0.05, 0.1) is 6.42 Å². The molecule has 1 spiro atoms. The van der Waals surface area contributed by atoms with E-state index in [0.29, 0.717) is 16.9 Å². The number of anilines is 2. The van der Waals surface area contributed by atoms with Gasteiger partial charge in [-0.1, -0.05) is 0 Å². The van der Waals surface area contributed by atoms with Crippen LogP contribution in [0.25, 0.3) is 0 Å². The molecule has 25 heavy (non-hydrogen) atoms. The maximum atomic E-state index is 13.0. The average Bonchev–Trinajstić information content (AvgIpc) is 2.88. The number of nitrogen functional groups attached to an aromatic ring is 1. The molecule has 8 heteroatoms. The number of amides is 3. The molecule has 3 rings (SSSR count). The summed E-state index contributed by atoms with van der Waals surface area (Å²) in [5.74, 6) is -2.46. The van der Waals surface area contributed by atoms with Gasteiger partial charge in [0.1, 0.15) is 12.1 Å². The Hall–Kier alpha value is -2.90. The minimum absolute atomic E-state index is 0.300. The lowest BCUT2D eigenvalue weighted by Gasteiger charge is -2.23. The van der Waals surface area contributed by atoms with Crippen LogP contribution >= 0.6 is 0 Å². The number of nitrogens with one attached hydrogen (secondary N) is 1. The highest BCUT2D eigenvalue weighted by molar-refractivity contribution is 6.29. The zero-order chi connectivity index (χ0) is 18.6. The Bertz CT molecular complexity index is 811. The molecule has 2 aliphatic heterocycles. The number of nitrogens with two attached hydrogens (primary N) is 1. The molecule has 8 nitrogen and oxygen atoms in total. The van der Waals surface area contributed by atoms with Crippen LogP contribution in [0, 0.1) is 0 Å². The molecule has 2 heterocycles. The van der Waals surface area contributed by atoms with E-state index < -0.39 is 34.7 Å². The maximum absolute atomic E-state index is 13.0. The molecule has 0 bridgehead atoms. The van der Waals surface area contributed by atoms with Crippen molar-refractivity contribution < 1.29 is 23.9 Å². The molecule has 3 amide bonds. The van der Waals surface area contributed by atoms with E-state index in [1.165, 1.54) is 11.0 Å². The predicted molar refractivity (Wildman–Crippen MR) is 88.5 cm³/mol. The SMILES string of the molecule is CC(C)(C)OC(=O)CN1C(=O)C2(CC(=O)NC2=O)c2cc(N)ccc21. The monoisotopic (exact) mass is 345 g/mol. The number of ether oxygens (including phenoxy) is 1. The number of carbonyl (C=O) groups excluding carboxylic acids is 4. The van der Waals surface area contributed by atoms with Crippen LogP contribution in [0.3, 0.4) is 0 Å². The third-order valence-electron chi connectivity index (χ3n) is 4.15. The van der Waals surface area contributed by atoms with Gasteiger partial charge in [-0.2, -0.15) is 0 Å². The minimum Gasteiger partial charge on any atom is -0.459 e. The molecule has 132 valence electrons. The normalized spacial score (nSPS) is 22.4. The predicted octanol–water partition coefficient (Wildman–Crippen LogP) is 0.241. The van der Waals surface area contributed by atoms with Crippen molar-refractivity contribution in [3.63, 3.8) is 0 Å². The Morgan fingerprint density at radius 3 is 2.56 bits per heavy atom. The first-order chi connectivity index (χ1) is 11.5. The van der Waals surface area contributed by atoms with Crippen LogP contribution in [0.1, 0.15) is 32.8 Å². The quantitative estimate of drug-likeness (QED) is 0.343. The number of esters is 1. The van der Waals surface area contributed by atoms with Crippen molar-refractivity contribution in [1.29, 1.82) is 0 Å². The largest absolute Gasteiger partial charge is 0.459 e. The summed E-state index contributed by atoms with van der Waals surface area (Å²) < 4.78 is 5.26. The van der Waals surface area contributed by atoms with Gasteiger partial charge < -0.3 is 10.5 Å². The highest BCUT2D eigenvalue weighted by atomic mass is 16.6. The molecule has 1 saturated heterocycles. The summed E-state index contributed by atoms with van der Waals surface area (Å²) in [5.41, 5.74) is 4.51. The summed E-state index contributed by atoms with van der Waals surface area (Å²) in [6.45, 7) is 4.80. The van der Waals surface area contributed by atoms with Gasteiger partial charge in [0.25, 0.3) is 0 Å². The van der Waals surface area contributed by atoms with Crippen molar-refractivity contribution in [3.8, 4) is 0 Å². The van der Waals surface area contributed by atoms with Crippen LogP contribution in [-0.2, 0) is 29.3 Å². The second-order valence-corrected chi connectivity index (χ2v) is 7.21. The van der Waals surface area contributed by atoms with Gasteiger partial charge in [0, 0.05) is 16.9 Å². The molecule has 3 N–H and O–H groups in total. The average molecular weight is 345 g/mol. The smallest absolute Gasteiger partial charge is 0.326 e. The lowest BCUT2D eigenvalue weighted by molar-refractivity contribution is -0.154. The molecular formula is C17H19N3O5. The van der Waals surface area contributed by atoms with Gasteiger partial charge in [-0.25, -0.2) is 0 Å². The van der Waals surface area contributed by atoms with E-state index in [9.17, 15) is 19.2 Å². The summed E-state index contributed by atoms with van der Waals surface area (Å²) in [4.78, 5) is 50.5.